The van der Waals surface area contributed by atoms with Crippen LogP contribution in [0.4, 0.5) is 17.1 Å². The zero-order chi connectivity index (χ0) is 40.7. The summed E-state index contributed by atoms with van der Waals surface area (Å²) < 4.78 is 15.7. The van der Waals surface area contributed by atoms with Crippen molar-refractivity contribution in [3.8, 4) is 33.4 Å². The van der Waals surface area contributed by atoms with E-state index < -0.39 is 0 Å². The van der Waals surface area contributed by atoms with Gasteiger partial charge in [0.15, 0.2) is 0 Å². The molecular weight excluding hydrogens is 775 g/mol. The van der Waals surface area contributed by atoms with E-state index in [9.17, 15) is 0 Å². The van der Waals surface area contributed by atoms with Crippen molar-refractivity contribution in [2.45, 2.75) is 0 Å². The van der Waals surface area contributed by atoms with Crippen LogP contribution in [0, 0.1) is 0 Å². The highest BCUT2D eigenvalue weighted by molar-refractivity contribution is 7.26. The molecule has 4 heteroatoms. The maximum absolute atomic E-state index is 6.91. The summed E-state index contributed by atoms with van der Waals surface area (Å²) in [4.78, 5) is 2.38. The molecule has 0 fully saturated rings. The Morgan fingerprint density at radius 3 is 1.81 bits per heavy atom. The van der Waals surface area contributed by atoms with Crippen molar-refractivity contribution in [2.75, 3.05) is 4.90 Å². The van der Waals surface area contributed by atoms with Gasteiger partial charge in [0.25, 0.3) is 0 Å². The van der Waals surface area contributed by atoms with Gasteiger partial charge in [0.1, 0.15) is 22.3 Å². The Balaban J connectivity index is 0.969. The second kappa shape index (κ2) is 13.8. The largest absolute Gasteiger partial charge is 0.456 e. The van der Waals surface area contributed by atoms with Gasteiger partial charge in [0.05, 0.1) is 5.69 Å². The normalized spacial score (nSPS) is 11.9. The molecule has 0 unspecified atom stereocenters. The minimum atomic E-state index is 0.885. The lowest BCUT2D eigenvalue weighted by molar-refractivity contribution is 0.669. The average molecular weight is 810 g/mol. The summed E-state index contributed by atoms with van der Waals surface area (Å²) >= 11 is 1.87. The first-order chi connectivity index (χ1) is 30.7. The van der Waals surface area contributed by atoms with Gasteiger partial charge in [0, 0.05) is 69.6 Å². The highest BCUT2D eigenvalue weighted by atomic mass is 32.1. The fraction of sp³-hybridized carbons (Fsp3) is 0. The van der Waals surface area contributed by atoms with E-state index in [-0.39, 0.29) is 0 Å². The Morgan fingerprint density at radius 1 is 0.339 bits per heavy atom. The molecule has 0 radical (unpaired) electrons. The van der Waals surface area contributed by atoms with E-state index in [1.54, 1.807) is 0 Å². The first-order valence-corrected chi connectivity index (χ1v) is 21.8. The van der Waals surface area contributed by atoms with Gasteiger partial charge in [-0.2, -0.15) is 0 Å². The third-order valence-corrected chi connectivity index (χ3v) is 13.7. The van der Waals surface area contributed by atoms with Gasteiger partial charge in [-0.3, -0.25) is 0 Å². The second-order valence-corrected chi connectivity index (χ2v) is 17.0. The average Bonchev–Trinajstić information content (AvgIpc) is 4.04. The van der Waals surface area contributed by atoms with Crippen molar-refractivity contribution in [3.05, 3.63) is 212 Å². The third-order valence-electron chi connectivity index (χ3n) is 12.5. The van der Waals surface area contributed by atoms with Crippen LogP contribution < -0.4 is 4.90 Å². The molecule has 3 aromatic heterocycles. The third kappa shape index (κ3) is 5.44. The summed E-state index contributed by atoms with van der Waals surface area (Å²) in [6.45, 7) is 0. The summed E-state index contributed by atoms with van der Waals surface area (Å²) in [5.74, 6) is 0. The lowest BCUT2D eigenvalue weighted by atomic mass is 9.98. The molecule has 0 spiro atoms. The standard InChI is InChI=1S/C58H35NO2S/c1-2-12-42-37(11-1)27-33-49-48-18-10-17-47(57(48)61-56(42)49)44-13-3-6-20-52(44)59(40-29-23-36(24-30-40)39-28-34-54-51(35-39)45-14-4-7-21-53(45)60-54)41-31-25-38(26-32-41)43-16-9-19-50-46-15-5-8-22-55(46)62-58(43)50/h1-35H. The van der Waals surface area contributed by atoms with Crippen LogP contribution in [0.3, 0.4) is 0 Å². The van der Waals surface area contributed by atoms with E-state index in [0.29, 0.717) is 0 Å². The van der Waals surface area contributed by atoms with Crippen LogP contribution in [-0.2, 0) is 0 Å². The van der Waals surface area contributed by atoms with Crippen molar-refractivity contribution in [2.24, 2.45) is 0 Å². The van der Waals surface area contributed by atoms with Gasteiger partial charge in [-0.15, -0.1) is 11.3 Å². The molecule has 0 aliphatic rings. The van der Waals surface area contributed by atoms with Crippen LogP contribution in [0.25, 0.3) is 108 Å². The SMILES string of the molecule is c1ccc(N(c2ccc(-c3ccc4oc5ccccc5c4c3)cc2)c2ccc(-c3cccc4c3sc3ccccc34)cc2)c(-c2cccc3c2oc2c4ccccc4ccc32)c1. The monoisotopic (exact) mass is 809 g/mol. The molecule has 62 heavy (non-hydrogen) atoms. The lowest BCUT2D eigenvalue weighted by Crippen LogP contribution is -2.11. The second-order valence-electron chi connectivity index (χ2n) is 16.0. The molecule has 0 saturated carbocycles. The Kier molecular flexibility index (Phi) is 7.78. The van der Waals surface area contributed by atoms with E-state index >= 15 is 0 Å². The molecular formula is C58H35NO2S. The van der Waals surface area contributed by atoms with Crippen LogP contribution in [0.15, 0.2) is 221 Å². The molecule has 0 aliphatic carbocycles. The van der Waals surface area contributed by atoms with Gasteiger partial charge in [0.2, 0.25) is 0 Å². The Hall–Kier alpha value is -7.92. The fourth-order valence-corrected chi connectivity index (χ4v) is 10.8. The minimum Gasteiger partial charge on any atom is -0.456 e. The topological polar surface area (TPSA) is 29.5 Å². The number of hydrogen-bond acceptors (Lipinski definition) is 4. The van der Waals surface area contributed by atoms with E-state index in [1.807, 2.05) is 23.5 Å². The molecule has 0 amide bonds. The van der Waals surface area contributed by atoms with Gasteiger partial charge >= 0.3 is 0 Å². The van der Waals surface area contributed by atoms with Gasteiger partial charge in [-0.25, -0.2) is 0 Å². The molecule has 3 heterocycles. The highest BCUT2D eigenvalue weighted by Crippen LogP contribution is 2.47. The number of anilines is 3. The quantitative estimate of drug-likeness (QED) is 0.168. The summed E-state index contributed by atoms with van der Waals surface area (Å²) in [5, 5.41) is 9.38. The number of fused-ring (bicyclic) bond motifs is 11. The zero-order valence-electron chi connectivity index (χ0n) is 33.4. The zero-order valence-corrected chi connectivity index (χ0v) is 34.2. The molecule has 0 atom stereocenters. The molecule has 290 valence electrons. The number of rotatable bonds is 6. The predicted octanol–water partition coefficient (Wildman–Crippen LogP) is 17.5. The van der Waals surface area contributed by atoms with E-state index in [4.69, 9.17) is 8.83 Å². The summed E-state index contributed by atoms with van der Waals surface area (Å²) in [7, 11) is 0. The van der Waals surface area contributed by atoms with Crippen LogP contribution >= 0.6 is 11.3 Å². The molecule has 3 nitrogen and oxygen atoms in total. The molecule has 10 aromatic carbocycles. The first-order valence-electron chi connectivity index (χ1n) is 21.0. The first kappa shape index (κ1) is 34.9. The maximum Gasteiger partial charge on any atom is 0.143 e. The lowest BCUT2D eigenvalue weighted by Gasteiger charge is -2.28. The summed E-state index contributed by atoms with van der Waals surface area (Å²) in [6.07, 6.45) is 0. The van der Waals surface area contributed by atoms with Gasteiger partial charge in [-0.05, 0) is 88.3 Å². The van der Waals surface area contributed by atoms with E-state index in [0.717, 1.165) is 88.6 Å². The van der Waals surface area contributed by atoms with Crippen LogP contribution in [0.1, 0.15) is 0 Å². The van der Waals surface area contributed by atoms with Crippen LogP contribution in [0.5, 0.6) is 0 Å². The van der Waals surface area contributed by atoms with Crippen molar-refractivity contribution in [3.63, 3.8) is 0 Å². The Morgan fingerprint density at radius 2 is 0.952 bits per heavy atom. The van der Waals surface area contributed by atoms with Crippen molar-refractivity contribution in [1.29, 1.82) is 0 Å². The number of benzene rings is 10. The van der Waals surface area contributed by atoms with E-state index in [1.165, 1.54) is 36.7 Å². The van der Waals surface area contributed by atoms with Crippen LogP contribution in [-0.4, -0.2) is 0 Å². The van der Waals surface area contributed by atoms with Gasteiger partial charge in [-0.1, -0.05) is 152 Å². The summed E-state index contributed by atoms with van der Waals surface area (Å²) in [6, 6.07) is 76.2. The van der Waals surface area contributed by atoms with E-state index in [2.05, 4.69) is 205 Å². The van der Waals surface area contributed by atoms with Crippen molar-refractivity contribution < 1.29 is 8.83 Å². The maximum atomic E-state index is 6.91. The smallest absolute Gasteiger partial charge is 0.143 e. The number of thiophene rings is 1. The Bertz CT molecular complexity index is 3870. The van der Waals surface area contributed by atoms with Crippen molar-refractivity contribution >= 4 is 103 Å². The molecule has 13 rings (SSSR count). The highest BCUT2D eigenvalue weighted by Gasteiger charge is 2.22. The minimum absolute atomic E-state index is 0.885. The van der Waals surface area contributed by atoms with Gasteiger partial charge < -0.3 is 13.7 Å². The molecule has 0 bridgehead atoms. The summed E-state index contributed by atoms with van der Waals surface area (Å²) in [5.41, 5.74) is 13.6. The number of hydrogen-bond donors (Lipinski definition) is 0. The predicted molar refractivity (Wildman–Crippen MR) is 262 cm³/mol. The number of furan rings is 2. The fourth-order valence-electron chi connectivity index (χ4n) is 9.54. The molecule has 13 aromatic rings. The number of nitrogens with zero attached hydrogens (tertiary/aromatic N) is 1. The molecule has 0 aliphatic heterocycles. The number of para-hydroxylation sites is 3. The Labute approximate surface area is 360 Å². The molecule has 0 N–H and O–H groups in total. The van der Waals surface area contributed by atoms with Crippen LogP contribution in [0.2, 0.25) is 0 Å². The van der Waals surface area contributed by atoms with Crippen molar-refractivity contribution in [1.82, 2.24) is 0 Å². The molecule has 0 saturated heterocycles.